The Hall–Kier alpha value is -0.0800. The van der Waals surface area contributed by atoms with Crippen molar-refractivity contribution in [1.29, 1.82) is 0 Å². The fraction of sp³-hybridized carbons (Fsp3) is 1.00. The van der Waals surface area contributed by atoms with E-state index in [1.165, 1.54) is 57.8 Å². The second-order valence-electron chi connectivity index (χ2n) is 11.3. The molecule has 0 aliphatic heterocycles. The molecule has 0 aromatic rings. The lowest BCUT2D eigenvalue weighted by Crippen LogP contribution is -2.55. The molecule has 4 saturated carbocycles. The van der Waals surface area contributed by atoms with Crippen molar-refractivity contribution in [3.63, 3.8) is 0 Å². The first-order valence-electron chi connectivity index (χ1n) is 11.6. The van der Waals surface area contributed by atoms with E-state index in [0.29, 0.717) is 10.8 Å². The molecule has 4 aliphatic rings. The maximum Gasteiger partial charge on any atom is 0.00944 e. The smallest absolute Gasteiger partial charge is 0.00944 e. The maximum atomic E-state index is 3.59. The molecule has 150 valence electrons. The molecule has 4 aliphatic carbocycles. The summed E-state index contributed by atoms with van der Waals surface area (Å²) >= 11 is 0. The molecule has 0 spiro atoms. The van der Waals surface area contributed by atoms with Gasteiger partial charge in [0, 0.05) is 12.1 Å². The fourth-order valence-corrected chi connectivity index (χ4v) is 8.71. The molecule has 1 N–H and O–H groups in total. The Morgan fingerprint density at radius 1 is 0.885 bits per heavy atom. The maximum absolute atomic E-state index is 3.59. The van der Waals surface area contributed by atoms with Crippen LogP contribution in [-0.2, 0) is 0 Å². The van der Waals surface area contributed by atoms with Crippen LogP contribution < -0.4 is 5.32 Å². The second-order valence-corrected chi connectivity index (χ2v) is 11.3. The number of fused-ring (bicyclic) bond motifs is 5. The predicted octanol–water partition coefficient (Wildman–Crippen LogP) is 5.18. The van der Waals surface area contributed by atoms with E-state index in [2.05, 4.69) is 52.1 Å². The van der Waals surface area contributed by atoms with Gasteiger partial charge in [0.05, 0.1) is 0 Å². The molecule has 4 rings (SSSR count). The van der Waals surface area contributed by atoms with Crippen molar-refractivity contribution < 1.29 is 0 Å². The molecule has 0 radical (unpaired) electrons. The second kappa shape index (κ2) is 6.76. The third kappa shape index (κ3) is 2.72. The summed E-state index contributed by atoms with van der Waals surface area (Å²) in [5, 5.41) is 3.59. The van der Waals surface area contributed by atoms with Crippen LogP contribution in [0.15, 0.2) is 0 Å². The Morgan fingerprint density at radius 3 is 2.27 bits per heavy atom. The van der Waals surface area contributed by atoms with Gasteiger partial charge < -0.3 is 10.2 Å². The summed E-state index contributed by atoms with van der Waals surface area (Å²) in [6, 6.07) is 1.52. The van der Waals surface area contributed by atoms with Crippen LogP contribution in [0.25, 0.3) is 0 Å². The van der Waals surface area contributed by atoms with Gasteiger partial charge in [-0.15, -0.1) is 0 Å². The van der Waals surface area contributed by atoms with Crippen molar-refractivity contribution >= 4 is 0 Å². The summed E-state index contributed by atoms with van der Waals surface area (Å²) in [4.78, 5) is 2.49. The van der Waals surface area contributed by atoms with Gasteiger partial charge in [0.25, 0.3) is 0 Å². The van der Waals surface area contributed by atoms with Crippen molar-refractivity contribution in [2.75, 3.05) is 21.1 Å². The predicted molar refractivity (Wildman–Crippen MR) is 111 cm³/mol. The fourth-order valence-electron chi connectivity index (χ4n) is 8.71. The number of nitrogens with one attached hydrogen (secondary N) is 1. The van der Waals surface area contributed by atoms with E-state index in [1.54, 1.807) is 0 Å². The van der Waals surface area contributed by atoms with Gasteiger partial charge in [-0.1, -0.05) is 13.8 Å². The van der Waals surface area contributed by atoms with Gasteiger partial charge in [-0.25, -0.2) is 0 Å². The largest absolute Gasteiger partial charge is 0.317 e. The van der Waals surface area contributed by atoms with E-state index in [1.807, 2.05) is 0 Å². The summed E-state index contributed by atoms with van der Waals surface area (Å²) in [6.45, 7) is 7.89. The minimum Gasteiger partial charge on any atom is -0.317 e. The van der Waals surface area contributed by atoms with Crippen LogP contribution >= 0.6 is 0 Å². The molecule has 0 aromatic carbocycles. The average Bonchev–Trinajstić information content (AvgIpc) is 2.97. The molecule has 0 heterocycles. The number of hydrogen-bond acceptors (Lipinski definition) is 2. The summed E-state index contributed by atoms with van der Waals surface area (Å²) in [5.74, 6) is 4.95. The Labute approximate surface area is 162 Å². The summed E-state index contributed by atoms with van der Waals surface area (Å²) in [7, 11) is 6.76. The first-order valence-corrected chi connectivity index (χ1v) is 11.6. The topological polar surface area (TPSA) is 15.3 Å². The highest BCUT2D eigenvalue weighted by Gasteiger charge is 2.60. The molecule has 9 atom stereocenters. The minimum absolute atomic E-state index is 0.607. The average molecular weight is 361 g/mol. The SMILES string of the molecule is CNC1CC[C@@]2(C)C(CC[C@@H]3C2CC[C@@]2(C)C3CC[C@@H]2C(C)N(C)C)C1. The molecule has 0 amide bonds. The minimum atomic E-state index is 0.607. The molecular weight excluding hydrogens is 316 g/mol. The Bertz CT molecular complexity index is 516. The molecular formula is C24H44N2. The summed E-state index contributed by atoms with van der Waals surface area (Å²) in [6.07, 6.45) is 13.4. The van der Waals surface area contributed by atoms with Crippen LogP contribution in [0.3, 0.4) is 0 Å². The van der Waals surface area contributed by atoms with Gasteiger partial charge in [0.1, 0.15) is 0 Å². The third-order valence-electron chi connectivity index (χ3n) is 10.5. The van der Waals surface area contributed by atoms with Gasteiger partial charge in [0.2, 0.25) is 0 Å². The van der Waals surface area contributed by atoms with Crippen LogP contribution in [0.2, 0.25) is 0 Å². The van der Waals surface area contributed by atoms with Gasteiger partial charge in [-0.05, 0) is 126 Å². The monoisotopic (exact) mass is 360 g/mol. The van der Waals surface area contributed by atoms with Gasteiger partial charge >= 0.3 is 0 Å². The molecule has 26 heavy (non-hydrogen) atoms. The zero-order valence-corrected chi connectivity index (χ0v) is 18.4. The van der Waals surface area contributed by atoms with Crippen molar-refractivity contribution in [2.24, 2.45) is 40.4 Å². The first-order chi connectivity index (χ1) is 12.3. The van der Waals surface area contributed by atoms with E-state index >= 15 is 0 Å². The van der Waals surface area contributed by atoms with Gasteiger partial charge in [-0.2, -0.15) is 0 Å². The van der Waals surface area contributed by atoms with Crippen LogP contribution in [0.1, 0.15) is 78.6 Å². The molecule has 5 unspecified atom stereocenters. The number of hydrogen-bond donors (Lipinski definition) is 1. The van der Waals surface area contributed by atoms with Gasteiger partial charge in [0.15, 0.2) is 0 Å². The molecule has 2 heteroatoms. The molecule has 2 nitrogen and oxygen atoms in total. The molecule has 4 fully saturated rings. The Kier molecular flexibility index (Phi) is 5.01. The third-order valence-corrected chi connectivity index (χ3v) is 10.5. The number of nitrogens with zero attached hydrogens (tertiary/aromatic N) is 1. The molecule has 0 aromatic heterocycles. The van der Waals surface area contributed by atoms with Crippen LogP contribution in [0, 0.1) is 40.4 Å². The van der Waals surface area contributed by atoms with Crippen molar-refractivity contribution in [2.45, 2.75) is 90.6 Å². The van der Waals surface area contributed by atoms with E-state index in [4.69, 9.17) is 0 Å². The first kappa shape index (κ1) is 19.2. The Morgan fingerprint density at radius 2 is 1.58 bits per heavy atom. The highest BCUT2D eigenvalue weighted by atomic mass is 15.1. The van der Waals surface area contributed by atoms with Crippen molar-refractivity contribution in [3.05, 3.63) is 0 Å². The highest BCUT2D eigenvalue weighted by Crippen LogP contribution is 2.67. The van der Waals surface area contributed by atoms with Gasteiger partial charge in [-0.3, -0.25) is 0 Å². The van der Waals surface area contributed by atoms with E-state index < -0.39 is 0 Å². The molecule has 0 bridgehead atoms. The van der Waals surface area contributed by atoms with Crippen LogP contribution in [0.4, 0.5) is 0 Å². The highest BCUT2D eigenvalue weighted by molar-refractivity contribution is 5.10. The van der Waals surface area contributed by atoms with Crippen molar-refractivity contribution in [3.8, 4) is 0 Å². The standard InChI is InChI=1S/C24H44N2/c1-16(26(5)6)20-9-10-21-19-8-7-17-15-18(25-4)11-13-23(17,2)22(19)12-14-24(20,21)3/h16-22,25H,7-15H2,1-6H3/t16?,17?,18?,19-,20+,21?,22?,23-,24+/m0/s1. The van der Waals surface area contributed by atoms with Crippen molar-refractivity contribution in [1.82, 2.24) is 10.2 Å². The number of rotatable bonds is 3. The summed E-state index contributed by atoms with van der Waals surface area (Å²) < 4.78 is 0. The quantitative estimate of drug-likeness (QED) is 0.745. The lowest BCUT2D eigenvalue weighted by molar-refractivity contribution is -0.118. The zero-order chi connectivity index (χ0) is 18.7. The van der Waals surface area contributed by atoms with Crippen LogP contribution in [0.5, 0.6) is 0 Å². The normalized spacial score (nSPS) is 52.3. The summed E-state index contributed by atoms with van der Waals surface area (Å²) in [5.41, 5.74) is 1.25. The van der Waals surface area contributed by atoms with E-state index in [-0.39, 0.29) is 0 Å². The van der Waals surface area contributed by atoms with E-state index in [0.717, 1.165) is 41.7 Å². The van der Waals surface area contributed by atoms with E-state index in [9.17, 15) is 0 Å². The zero-order valence-electron chi connectivity index (χ0n) is 18.4. The van der Waals surface area contributed by atoms with Crippen LogP contribution in [-0.4, -0.2) is 38.1 Å². The molecule has 0 saturated heterocycles. The lowest BCUT2D eigenvalue weighted by Gasteiger charge is -2.61. The lowest BCUT2D eigenvalue weighted by atomic mass is 9.44. The Balaban J connectivity index is 1.56.